The van der Waals surface area contributed by atoms with E-state index in [0.717, 1.165) is 6.42 Å². The molecular weight excluding hydrogens is 236 g/mol. The first-order valence-electron chi connectivity index (χ1n) is 5.87. The Labute approximate surface area is 104 Å². The molecule has 3 rings (SSSR count). The monoisotopic (exact) mass is 248 g/mol. The van der Waals surface area contributed by atoms with Crippen molar-refractivity contribution in [2.45, 2.75) is 25.4 Å². The molecule has 0 unspecified atom stereocenters. The van der Waals surface area contributed by atoms with Crippen molar-refractivity contribution in [3.8, 4) is 11.5 Å². The second-order valence-corrected chi connectivity index (χ2v) is 4.32. The van der Waals surface area contributed by atoms with E-state index in [1.54, 1.807) is 18.2 Å². The maximum Gasteiger partial charge on any atom is 0.338 e. The van der Waals surface area contributed by atoms with E-state index in [9.17, 15) is 9.59 Å². The Balaban J connectivity index is 1.74. The topological polar surface area (TPSA) is 61.8 Å². The number of fused-ring (bicyclic) bond motifs is 1. The Morgan fingerprint density at radius 3 is 2.89 bits per heavy atom. The third-order valence-corrected chi connectivity index (χ3v) is 3.11. The summed E-state index contributed by atoms with van der Waals surface area (Å²) in [5, 5.41) is 0. The fraction of sp³-hybridized carbons (Fsp3) is 0.385. The van der Waals surface area contributed by atoms with E-state index in [-0.39, 0.29) is 12.6 Å². The van der Waals surface area contributed by atoms with Crippen molar-refractivity contribution in [1.82, 2.24) is 0 Å². The van der Waals surface area contributed by atoms with Crippen LogP contribution in [0.2, 0.25) is 0 Å². The summed E-state index contributed by atoms with van der Waals surface area (Å²) in [6.07, 6.45) is 1.33. The zero-order valence-electron chi connectivity index (χ0n) is 9.68. The lowest BCUT2D eigenvalue weighted by atomic mass is 10.2. The standard InChI is InChI=1S/C13H12O5/c14-9-2-1-3-10(9)18-13(15)8-4-5-11-12(6-8)17-7-16-11/h4-6,10H,1-3,7H2/t10-/m0/s1. The third-order valence-electron chi connectivity index (χ3n) is 3.11. The van der Waals surface area contributed by atoms with Crippen LogP contribution in [-0.4, -0.2) is 24.6 Å². The molecule has 0 amide bonds. The first-order chi connectivity index (χ1) is 8.74. The largest absolute Gasteiger partial charge is 0.454 e. The Hall–Kier alpha value is -2.04. The van der Waals surface area contributed by atoms with Crippen LogP contribution in [0.5, 0.6) is 11.5 Å². The molecule has 0 bridgehead atoms. The summed E-state index contributed by atoms with van der Waals surface area (Å²) in [5.41, 5.74) is 0.374. The predicted molar refractivity (Wildman–Crippen MR) is 60.6 cm³/mol. The van der Waals surface area contributed by atoms with Crippen molar-refractivity contribution >= 4 is 11.8 Å². The minimum atomic E-state index is -0.581. The molecule has 94 valence electrons. The molecule has 5 nitrogen and oxygen atoms in total. The highest BCUT2D eigenvalue weighted by molar-refractivity contribution is 5.94. The van der Waals surface area contributed by atoms with E-state index >= 15 is 0 Å². The van der Waals surface area contributed by atoms with Crippen molar-refractivity contribution in [1.29, 1.82) is 0 Å². The Morgan fingerprint density at radius 1 is 1.28 bits per heavy atom. The molecule has 0 saturated heterocycles. The fourth-order valence-electron chi connectivity index (χ4n) is 2.13. The number of hydrogen-bond acceptors (Lipinski definition) is 5. The minimum absolute atomic E-state index is 0.00379. The number of ketones is 1. The summed E-state index contributed by atoms with van der Waals surface area (Å²) in [6, 6.07) is 4.84. The quantitative estimate of drug-likeness (QED) is 0.745. The number of hydrogen-bond donors (Lipinski definition) is 0. The van der Waals surface area contributed by atoms with Crippen molar-refractivity contribution in [3.63, 3.8) is 0 Å². The summed E-state index contributed by atoms with van der Waals surface area (Å²) < 4.78 is 15.5. The van der Waals surface area contributed by atoms with Gasteiger partial charge in [0.05, 0.1) is 5.56 Å². The average molecular weight is 248 g/mol. The van der Waals surface area contributed by atoms with Gasteiger partial charge < -0.3 is 14.2 Å². The first kappa shape index (κ1) is 11.1. The molecule has 0 spiro atoms. The van der Waals surface area contributed by atoms with Crippen LogP contribution in [0.3, 0.4) is 0 Å². The van der Waals surface area contributed by atoms with Crippen LogP contribution in [0.1, 0.15) is 29.6 Å². The zero-order chi connectivity index (χ0) is 12.5. The van der Waals surface area contributed by atoms with Gasteiger partial charge in [0.1, 0.15) is 0 Å². The van der Waals surface area contributed by atoms with Crippen molar-refractivity contribution in [2.75, 3.05) is 6.79 Å². The summed E-state index contributed by atoms with van der Waals surface area (Å²) in [4.78, 5) is 23.3. The highest BCUT2D eigenvalue weighted by Gasteiger charge is 2.28. The maximum absolute atomic E-state index is 11.9. The molecule has 1 aromatic rings. The first-order valence-corrected chi connectivity index (χ1v) is 5.87. The number of Topliss-reactive ketones (excluding diaryl/α,β-unsaturated/α-hetero) is 1. The van der Waals surface area contributed by atoms with Gasteiger partial charge in [-0.15, -0.1) is 0 Å². The van der Waals surface area contributed by atoms with E-state index in [1.807, 2.05) is 0 Å². The van der Waals surface area contributed by atoms with Gasteiger partial charge in [-0.1, -0.05) is 0 Å². The van der Waals surface area contributed by atoms with Gasteiger partial charge in [-0.2, -0.15) is 0 Å². The number of ether oxygens (including phenoxy) is 3. The normalized spacial score (nSPS) is 21.1. The Bertz CT molecular complexity index is 508. The molecule has 5 heteroatoms. The van der Waals surface area contributed by atoms with Gasteiger partial charge in [-0.3, -0.25) is 4.79 Å². The second-order valence-electron chi connectivity index (χ2n) is 4.32. The second kappa shape index (κ2) is 4.33. The van der Waals surface area contributed by atoms with Gasteiger partial charge in [0, 0.05) is 6.42 Å². The molecule has 18 heavy (non-hydrogen) atoms. The van der Waals surface area contributed by atoms with Crippen LogP contribution in [0, 0.1) is 0 Å². The zero-order valence-corrected chi connectivity index (χ0v) is 9.68. The average Bonchev–Trinajstić information content (AvgIpc) is 2.98. The van der Waals surface area contributed by atoms with E-state index in [4.69, 9.17) is 14.2 Å². The molecule has 1 fully saturated rings. The predicted octanol–water partition coefficient (Wildman–Crippen LogP) is 1.69. The van der Waals surface area contributed by atoms with Gasteiger partial charge >= 0.3 is 5.97 Å². The van der Waals surface area contributed by atoms with Gasteiger partial charge in [0.2, 0.25) is 6.79 Å². The number of rotatable bonds is 2. The van der Waals surface area contributed by atoms with E-state index in [1.165, 1.54) is 0 Å². The highest BCUT2D eigenvalue weighted by Crippen LogP contribution is 2.33. The molecule has 1 heterocycles. The summed E-state index contributed by atoms with van der Waals surface area (Å²) >= 11 is 0. The van der Waals surface area contributed by atoms with E-state index in [2.05, 4.69) is 0 Å². The molecule has 2 aliphatic rings. The molecule has 1 saturated carbocycles. The Kier molecular flexibility index (Phi) is 2.66. The van der Waals surface area contributed by atoms with E-state index in [0.29, 0.717) is 29.9 Å². The van der Waals surface area contributed by atoms with Crippen molar-refractivity contribution in [2.24, 2.45) is 0 Å². The van der Waals surface area contributed by atoms with Crippen molar-refractivity contribution in [3.05, 3.63) is 23.8 Å². The van der Waals surface area contributed by atoms with Crippen LogP contribution in [0.15, 0.2) is 18.2 Å². The lowest BCUT2D eigenvalue weighted by Crippen LogP contribution is -2.21. The van der Waals surface area contributed by atoms with Crippen LogP contribution >= 0.6 is 0 Å². The summed E-state index contributed by atoms with van der Waals surface area (Å²) in [5.74, 6) is 0.656. The third kappa shape index (κ3) is 1.92. The lowest BCUT2D eigenvalue weighted by Gasteiger charge is -2.10. The molecule has 1 aromatic carbocycles. The summed E-state index contributed by atoms with van der Waals surface area (Å²) in [7, 11) is 0. The fourth-order valence-corrected chi connectivity index (χ4v) is 2.13. The highest BCUT2D eigenvalue weighted by atomic mass is 16.7. The smallest absolute Gasteiger partial charge is 0.338 e. The molecule has 1 aliphatic heterocycles. The van der Waals surface area contributed by atoms with Crippen molar-refractivity contribution < 1.29 is 23.8 Å². The number of carbonyl (C=O) groups is 2. The molecular formula is C13H12O5. The Morgan fingerprint density at radius 2 is 2.11 bits per heavy atom. The molecule has 0 aromatic heterocycles. The van der Waals surface area contributed by atoms with Crippen LogP contribution in [0.25, 0.3) is 0 Å². The van der Waals surface area contributed by atoms with Crippen LogP contribution in [0.4, 0.5) is 0 Å². The van der Waals surface area contributed by atoms with E-state index < -0.39 is 12.1 Å². The molecule has 1 atom stereocenters. The van der Waals surface area contributed by atoms with Gasteiger partial charge in [-0.05, 0) is 31.0 Å². The van der Waals surface area contributed by atoms with Gasteiger partial charge in [0.15, 0.2) is 23.4 Å². The maximum atomic E-state index is 11.9. The van der Waals surface area contributed by atoms with Gasteiger partial charge in [-0.25, -0.2) is 4.79 Å². The lowest BCUT2D eigenvalue weighted by molar-refractivity contribution is -0.124. The number of carbonyl (C=O) groups excluding carboxylic acids is 2. The number of esters is 1. The van der Waals surface area contributed by atoms with Crippen LogP contribution < -0.4 is 9.47 Å². The number of benzene rings is 1. The van der Waals surface area contributed by atoms with Gasteiger partial charge in [0.25, 0.3) is 0 Å². The molecule has 1 aliphatic carbocycles. The molecule has 0 N–H and O–H groups in total. The summed E-state index contributed by atoms with van der Waals surface area (Å²) in [6.45, 7) is 0.162. The molecule has 0 radical (unpaired) electrons. The SMILES string of the molecule is O=C(O[C@H]1CCCC1=O)c1ccc2c(c1)OCO2. The minimum Gasteiger partial charge on any atom is -0.454 e. The van der Waals surface area contributed by atoms with Crippen LogP contribution in [-0.2, 0) is 9.53 Å².